The molecule has 1 aromatic heterocycles. The predicted molar refractivity (Wildman–Crippen MR) is 101 cm³/mol. The minimum Gasteiger partial charge on any atom is -0.339 e. The second-order valence-corrected chi connectivity index (χ2v) is 6.58. The summed E-state index contributed by atoms with van der Waals surface area (Å²) in [4.78, 5) is 36.2. The second kappa shape index (κ2) is 7.88. The second-order valence-electron chi connectivity index (χ2n) is 5.79. The molecule has 2 amide bonds. The highest BCUT2D eigenvalue weighted by atomic mass is 35.5. The Bertz CT molecular complexity index is 838. The van der Waals surface area contributed by atoms with E-state index in [1.165, 1.54) is 12.3 Å². The molecule has 1 fully saturated rings. The van der Waals surface area contributed by atoms with Crippen LogP contribution in [-0.4, -0.2) is 52.9 Å². The summed E-state index contributed by atoms with van der Waals surface area (Å²) in [7, 11) is 0. The van der Waals surface area contributed by atoms with Crippen LogP contribution in [0, 0.1) is 0 Å². The topological polar surface area (TPSA) is 78.4 Å². The number of halogens is 2. The van der Waals surface area contributed by atoms with Crippen molar-refractivity contribution in [3.63, 3.8) is 0 Å². The summed E-state index contributed by atoms with van der Waals surface area (Å²) < 4.78 is 0. The quantitative estimate of drug-likeness (QED) is 0.866. The maximum atomic E-state index is 12.5. The number of carbonyl (C=O) groups excluding carboxylic acids is 2. The van der Waals surface area contributed by atoms with E-state index in [9.17, 15) is 9.59 Å². The van der Waals surface area contributed by atoms with Crippen LogP contribution in [0.3, 0.4) is 0 Å². The van der Waals surface area contributed by atoms with Crippen LogP contribution >= 0.6 is 23.2 Å². The average molecular weight is 394 g/mol. The van der Waals surface area contributed by atoms with Gasteiger partial charge in [0.25, 0.3) is 5.91 Å². The number of nitrogens with zero attached hydrogens (tertiary/aromatic N) is 4. The summed E-state index contributed by atoms with van der Waals surface area (Å²) in [6, 6.07) is 6.53. The lowest BCUT2D eigenvalue weighted by atomic mass is 10.3. The first-order valence-electron chi connectivity index (χ1n) is 8.04. The third-order valence-corrected chi connectivity index (χ3v) is 4.90. The molecule has 0 atom stereocenters. The van der Waals surface area contributed by atoms with E-state index in [1.54, 1.807) is 30.0 Å². The van der Waals surface area contributed by atoms with E-state index in [0.717, 1.165) is 0 Å². The molecule has 1 aliphatic heterocycles. The number of hydrogen-bond acceptors (Lipinski definition) is 5. The van der Waals surface area contributed by atoms with Gasteiger partial charge in [0, 0.05) is 39.3 Å². The lowest BCUT2D eigenvalue weighted by Crippen LogP contribution is -2.48. The molecule has 1 aliphatic rings. The van der Waals surface area contributed by atoms with Crippen molar-refractivity contribution < 1.29 is 9.59 Å². The maximum Gasteiger partial charge on any atom is 0.274 e. The number of amides is 2. The summed E-state index contributed by atoms with van der Waals surface area (Å²) in [5, 5.41) is 3.34. The zero-order valence-electron chi connectivity index (χ0n) is 14.1. The summed E-state index contributed by atoms with van der Waals surface area (Å²) in [6.07, 6.45) is 1.54. The first-order valence-corrected chi connectivity index (χ1v) is 8.80. The van der Waals surface area contributed by atoms with Crippen molar-refractivity contribution in [2.24, 2.45) is 0 Å². The minimum absolute atomic E-state index is 0.0529. The smallest absolute Gasteiger partial charge is 0.274 e. The molecular weight excluding hydrogens is 377 g/mol. The number of anilines is 2. The van der Waals surface area contributed by atoms with Gasteiger partial charge in [-0.1, -0.05) is 29.3 Å². The average Bonchev–Trinajstić information content (AvgIpc) is 2.65. The van der Waals surface area contributed by atoms with Gasteiger partial charge in [0.05, 0.1) is 15.7 Å². The Morgan fingerprint density at radius 2 is 1.85 bits per heavy atom. The third kappa shape index (κ3) is 4.05. The van der Waals surface area contributed by atoms with Gasteiger partial charge in [0.1, 0.15) is 5.69 Å². The Hall–Kier alpha value is -2.38. The maximum absolute atomic E-state index is 12.5. The highest BCUT2D eigenvalue weighted by molar-refractivity contribution is 6.44. The van der Waals surface area contributed by atoms with Crippen molar-refractivity contribution in [2.45, 2.75) is 6.92 Å². The van der Waals surface area contributed by atoms with Gasteiger partial charge in [-0.05, 0) is 18.2 Å². The molecule has 2 heterocycles. The SMILES string of the molecule is CC(=O)N1CCN(c2nccc(C(=O)Nc3cccc(Cl)c3Cl)n2)CC1. The van der Waals surface area contributed by atoms with Crippen molar-refractivity contribution in [2.75, 3.05) is 36.4 Å². The lowest BCUT2D eigenvalue weighted by molar-refractivity contribution is -0.129. The van der Waals surface area contributed by atoms with Crippen LogP contribution in [0.2, 0.25) is 10.0 Å². The normalized spacial score (nSPS) is 14.3. The Balaban J connectivity index is 1.72. The van der Waals surface area contributed by atoms with Crippen LogP contribution in [0.4, 0.5) is 11.6 Å². The van der Waals surface area contributed by atoms with Crippen molar-refractivity contribution >= 4 is 46.7 Å². The van der Waals surface area contributed by atoms with Crippen LogP contribution in [0.25, 0.3) is 0 Å². The molecule has 3 rings (SSSR count). The number of benzene rings is 1. The third-order valence-electron chi connectivity index (χ3n) is 4.08. The molecule has 0 spiro atoms. The molecule has 7 nitrogen and oxygen atoms in total. The lowest BCUT2D eigenvalue weighted by Gasteiger charge is -2.34. The summed E-state index contributed by atoms with van der Waals surface area (Å²) >= 11 is 12.1. The van der Waals surface area contributed by atoms with Gasteiger partial charge in [-0.3, -0.25) is 9.59 Å². The van der Waals surface area contributed by atoms with E-state index in [-0.39, 0.29) is 16.6 Å². The molecule has 136 valence electrons. The largest absolute Gasteiger partial charge is 0.339 e. The molecule has 0 unspecified atom stereocenters. The number of aromatic nitrogens is 2. The fraction of sp³-hybridized carbons (Fsp3) is 0.294. The van der Waals surface area contributed by atoms with Crippen LogP contribution in [0.1, 0.15) is 17.4 Å². The molecule has 0 aliphatic carbocycles. The van der Waals surface area contributed by atoms with Crippen molar-refractivity contribution in [3.8, 4) is 0 Å². The molecule has 0 bridgehead atoms. The highest BCUT2D eigenvalue weighted by Gasteiger charge is 2.21. The van der Waals surface area contributed by atoms with Gasteiger partial charge >= 0.3 is 0 Å². The van der Waals surface area contributed by atoms with E-state index in [0.29, 0.717) is 42.8 Å². The Kier molecular flexibility index (Phi) is 5.58. The summed E-state index contributed by atoms with van der Waals surface area (Å²) in [5.41, 5.74) is 0.638. The fourth-order valence-corrected chi connectivity index (χ4v) is 2.98. The van der Waals surface area contributed by atoms with E-state index in [1.807, 2.05) is 4.90 Å². The number of nitrogens with one attached hydrogen (secondary N) is 1. The standard InChI is InChI=1S/C17H17Cl2N5O2/c1-11(25)23-7-9-24(10-8-23)17-20-6-5-14(22-17)16(26)21-13-4-2-3-12(18)15(13)19/h2-6H,7-10H2,1H3,(H,21,26). The van der Waals surface area contributed by atoms with Crippen molar-refractivity contribution in [1.29, 1.82) is 0 Å². The molecule has 0 saturated carbocycles. The molecule has 1 N–H and O–H groups in total. The molecule has 1 saturated heterocycles. The molecule has 1 aromatic carbocycles. The molecular formula is C17H17Cl2N5O2. The number of rotatable bonds is 3. The summed E-state index contributed by atoms with van der Waals surface area (Å²) in [6.45, 7) is 3.99. The van der Waals surface area contributed by atoms with E-state index >= 15 is 0 Å². The van der Waals surface area contributed by atoms with Crippen LogP contribution in [-0.2, 0) is 4.79 Å². The zero-order chi connectivity index (χ0) is 18.7. The minimum atomic E-state index is -0.403. The van der Waals surface area contributed by atoms with Crippen molar-refractivity contribution in [1.82, 2.24) is 14.9 Å². The van der Waals surface area contributed by atoms with Gasteiger partial charge in [0.15, 0.2) is 0 Å². The predicted octanol–water partition coefficient (Wildman–Crippen LogP) is 2.70. The van der Waals surface area contributed by atoms with Gasteiger partial charge in [-0.2, -0.15) is 0 Å². The summed E-state index contributed by atoms with van der Waals surface area (Å²) in [5.74, 6) is 0.107. The number of piperazine rings is 1. The molecule has 26 heavy (non-hydrogen) atoms. The first-order chi connectivity index (χ1) is 12.5. The number of hydrogen-bond donors (Lipinski definition) is 1. The zero-order valence-corrected chi connectivity index (χ0v) is 15.6. The van der Waals surface area contributed by atoms with Crippen molar-refractivity contribution in [3.05, 3.63) is 46.2 Å². The van der Waals surface area contributed by atoms with Gasteiger partial charge in [-0.15, -0.1) is 0 Å². The molecule has 9 heteroatoms. The fourth-order valence-electron chi connectivity index (χ4n) is 2.64. The van der Waals surface area contributed by atoms with E-state index < -0.39 is 5.91 Å². The Morgan fingerprint density at radius 3 is 2.54 bits per heavy atom. The number of carbonyl (C=O) groups is 2. The van der Waals surface area contributed by atoms with Gasteiger partial charge in [-0.25, -0.2) is 9.97 Å². The molecule has 2 aromatic rings. The van der Waals surface area contributed by atoms with Crippen LogP contribution in [0.15, 0.2) is 30.5 Å². The van der Waals surface area contributed by atoms with Crippen LogP contribution in [0.5, 0.6) is 0 Å². The van der Waals surface area contributed by atoms with Gasteiger partial charge < -0.3 is 15.1 Å². The highest BCUT2D eigenvalue weighted by Crippen LogP contribution is 2.29. The molecule has 0 radical (unpaired) electrons. The Morgan fingerprint density at radius 1 is 1.12 bits per heavy atom. The van der Waals surface area contributed by atoms with E-state index in [2.05, 4.69) is 15.3 Å². The van der Waals surface area contributed by atoms with Crippen LogP contribution < -0.4 is 10.2 Å². The van der Waals surface area contributed by atoms with E-state index in [4.69, 9.17) is 23.2 Å². The monoisotopic (exact) mass is 393 g/mol. The first kappa shape index (κ1) is 18.4. The Labute approximate surface area is 160 Å². The van der Waals surface area contributed by atoms with Gasteiger partial charge in [0.2, 0.25) is 11.9 Å².